The lowest BCUT2D eigenvalue weighted by atomic mass is 10.1. The molecule has 0 bridgehead atoms. The number of carbonyl (C=O) groups excluding carboxylic acids is 1. The highest BCUT2D eigenvalue weighted by Crippen LogP contribution is 2.29. The van der Waals surface area contributed by atoms with Crippen LogP contribution in [0.3, 0.4) is 0 Å². The Kier molecular flexibility index (Phi) is 4.42. The van der Waals surface area contributed by atoms with Crippen LogP contribution in [0.4, 0.5) is 5.69 Å². The summed E-state index contributed by atoms with van der Waals surface area (Å²) in [4.78, 5) is 12.3. The molecule has 0 aliphatic rings. The molecule has 0 aliphatic carbocycles. The maximum atomic E-state index is 12.3. The largest absolute Gasteiger partial charge is 0.325 e. The minimum Gasteiger partial charge on any atom is -0.325 e. The lowest BCUT2D eigenvalue weighted by Crippen LogP contribution is -2.14. The van der Waals surface area contributed by atoms with Gasteiger partial charge in [-0.3, -0.25) is 9.20 Å². The summed E-state index contributed by atoms with van der Waals surface area (Å²) in [6.07, 6.45) is 2.66. The van der Waals surface area contributed by atoms with Crippen molar-refractivity contribution in [3.63, 3.8) is 0 Å². The number of nitrogens with one attached hydrogen (secondary N) is 1. The first-order valence-corrected chi connectivity index (χ1v) is 9.82. The predicted molar refractivity (Wildman–Crippen MR) is 104 cm³/mol. The molecule has 1 amide bonds. The molecule has 0 aliphatic heterocycles. The molecule has 7 heteroatoms. The number of aryl methyl sites for hydroxylation is 1. The van der Waals surface area contributed by atoms with Gasteiger partial charge in [-0.2, -0.15) is 0 Å². The molecule has 5 nitrogen and oxygen atoms in total. The Hall–Kier alpha value is -2.38. The zero-order chi connectivity index (χ0) is 17.2. The maximum Gasteiger partial charge on any atom is 0.234 e. The first kappa shape index (κ1) is 16.1. The van der Waals surface area contributed by atoms with Crippen LogP contribution in [-0.2, 0) is 11.2 Å². The van der Waals surface area contributed by atoms with Gasteiger partial charge in [0.25, 0.3) is 0 Å². The fourth-order valence-electron chi connectivity index (χ4n) is 2.72. The van der Waals surface area contributed by atoms with Gasteiger partial charge < -0.3 is 5.32 Å². The lowest BCUT2D eigenvalue weighted by molar-refractivity contribution is -0.113. The van der Waals surface area contributed by atoms with Crippen LogP contribution in [0, 0.1) is 0 Å². The number of nitrogens with zero attached hydrogens (tertiary/aromatic N) is 3. The number of hydrogen-bond acceptors (Lipinski definition) is 5. The van der Waals surface area contributed by atoms with E-state index in [1.54, 1.807) is 17.7 Å². The highest BCUT2D eigenvalue weighted by molar-refractivity contribution is 8.00. The average molecular weight is 368 g/mol. The van der Waals surface area contributed by atoms with Gasteiger partial charge in [-0.15, -0.1) is 21.5 Å². The van der Waals surface area contributed by atoms with Gasteiger partial charge in [0.1, 0.15) is 11.4 Å². The molecule has 25 heavy (non-hydrogen) atoms. The third-order valence-electron chi connectivity index (χ3n) is 3.95. The van der Waals surface area contributed by atoms with Crippen molar-refractivity contribution in [2.75, 3.05) is 11.1 Å². The molecule has 126 valence electrons. The Morgan fingerprint density at radius 1 is 1.28 bits per heavy atom. The van der Waals surface area contributed by atoms with Gasteiger partial charge in [-0.25, -0.2) is 0 Å². The molecule has 0 spiro atoms. The van der Waals surface area contributed by atoms with Crippen molar-refractivity contribution >= 4 is 50.4 Å². The van der Waals surface area contributed by atoms with Gasteiger partial charge in [0, 0.05) is 5.69 Å². The second kappa shape index (κ2) is 6.85. The van der Waals surface area contributed by atoms with Crippen molar-refractivity contribution in [2.24, 2.45) is 0 Å². The van der Waals surface area contributed by atoms with Crippen LogP contribution in [-0.4, -0.2) is 26.3 Å². The van der Waals surface area contributed by atoms with Crippen LogP contribution in [0.1, 0.15) is 12.5 Å². The Morgan fingerprint density at radius 3 is 3.08 bits per heavy atom. The van der Waals surface area contributed by atoms with Crippen LogP contribution >= 0.6 is 23.1 Å². The summed E-state index contributed by atoms with van der Waals surface area (Å²) in [6.45, 7) is 2.10. The van der Waals surface area contributed by atoms with E-state index in [-0.39, 0.29) is 5.91 Å². The van der Waals surface area contributed by atoms with Crippen molar-refractivity contribution in [2.45, 2.75) is 18.4 Å². The molecule has 4 aromatic rings. The van der Waals surface area contributed by atoms with E-state index in [2.05, 4.69) is 46.0 Å². The molecule has 1 N–H and O–H groups in total. The molecular formula is C18H16N4OS2. The minimum absolute atomic E-state index is 0.0459. The number of carbonyl (C=O) groups is 1. The number of fused-ring (bicyclic) bond motifs is 3. The van der Waals surface area contributed by atoms with Crippen molar-refractivity contribution < 1.29 is 4.79 Å². The van der Waals surface area contributed by atoms with Crippen LogP contribution < -0.4 is 5.32 Å². The van der Waals surface area contributed by atoms with E-state index in [0.29, 0.717) is 5.75 Å². The van der Waals surface area contributed by atoms with E-state index in [1.165, 1.54) is 22.0 Å². The Balaban J connectivity index is 1.49. The molecule has 4 rings (SSSR count). The maximum absolute atomic E-state index is 12.3. The third kappa shape index (κ3) is 3.25. The number of thiophene rings is 1. The standard InChI is InChI=1S/C18H16N4OS2/c1-2-12-4-3-5-13(8-12)20-17(23)10-25-18-15-9-16-14(6-7-24-16)22(15)11-19-21-18/h3-9,11H,2,10H2,1H3,(H,20,23). The molecule has 3 aromatic heterocycles. The Bertz CT molecular complexity index is 1050. The van der Waals surface area contributed by atoms with Gasteiger partial charge in [0.05, 0.1) is 21.5 Å². The average Bonchev–Trinajstić information content (AvgIpc) is 3.21. The molecule has 0 radical (unpaired) electrons. The Labute approximate surface area is 153 Å². The van der Waals surface area contributed by atoms with Crippen molar-refractivity contribution in [3.05, 3.63) is 53.7 Å². The van der Waals surface area contributed by atoms with Crippen molar-refractivity contribution in [1.82, 2.24) is 14.6 Å². The highest BCUT2D eigenvalue weighted by atomic mass is 32.2. The van der Waals surface area contributed by atoms with Crippen molar-refractivity contribution in [1.29, 1.82) is 0 Å². The van der Waals surface area contributed by atoms with E-state index in [1.807, 2.05) is 22.6 Å². The zero-order valence-electron chi connectivity index (χ0n) is 13.6. The summed E-state index contributed by atoms with van der Waals surface area (Å²) in [5, 5.41) is 14.0. The molecule has 0 saturated carbocycles. The number of anilines is 1. The highest BCUT2D eigenvalue weighted by Gasteiger charge is 2.12. The molecule has 0 fully saturated rings. The molecular weight excluding hydrogens is 352 g/mol. The fraction of sp³-hybridized carbons (Fsp3) is 0.167. The summed E-state index contributed by atoms with van der Waals surface area (Å²) in [5.74, 6) is 0.249. The van der Waals surface area contributed by atoms with E-state index < -0.39 is 0 Å². The van der Waals surface area contributed by atoms with E-state index in [0.717, 1.165) is 28.2 Å². The van der Waals surface area contributed by atoms with Crippen LogP contribution in [0.15, 0.2) is 53.1 Å². The third-order valence-corrected chi connectivity index (χ3v) is 5.78. The number of rotatable bonds is 5. The van der Waals surface area contributed by atoms with E-state index in [4.69, 9.17) is 0 Å². The topological polar surface area (TPSA) is 59.3 Å². The van der Waals surface area contributed by atoms with E-state index >= 15 is 0 Å². The SMILES string of the molecule is CCc1cccc(NC(=O)CSc2nncn3c2cc2sccc23)c1. The smallest absolute Gasteiger partial charge is 0.234 e. The molecule has 0 atom stereocenters. The number of aromatic nitrogens is 3. The number of amides is 1. The second-order valence-corrected chi connectivity index (χ2v) is 7.51. The summed E-state index contributed by atoms with van der Waals surface area (Å²) in [6, 6.07) is 12.1. The minimum atomic E-state index is -0.0459. The molecule has 3 heterocycles. The number of thioether (sulfide) groups is 1. The summed E-state index contributed by atoms with van der Waals surface area (Å²) in [5.41, 5.74) is 4.15. The van der Waals surface area contributed by atoms with E-state index in [9.17, 15) is 4.79 Å². The lowest BCUT2D eigenvalue weighted by Gasteiger charge is -2.07. The second-order valence-electron chi connectivity index (χ2n) is 5.60. The fourth-order valence-corrected chi connectivity index (χ4v) is 4.28. The Morgan fingerprint density at radius 2 is 2.20 bits per heavy atom. The predicted octanol–water partition coefficient (Wildman–Crippen LogP) is 4.24. The molecule has 1 aromatic carbocycles. The van der Waals surface area contributed by atoms with Gasteiger partial charge in [0.15, 0.2) is 0 Å². The van der Waals surface area contributed by atoms with Gasteiger partial charge in [-0.05, 0) is 41.6 Å². The first-order valence-electron chi connectivity index (χ1n) is 7.96. The summed E-state index contributed by atoms with van der Waals surface area (Å²) >= 11 is 3.09. The van der Waals surface area contributed by atoms with Crippen LogP contribution in [0.5, 0.6) is 0 Å². The van der Waals surface area contributed by atoms with Crippen molar-refractivity contribution in [3.8, 4) is 0 Å². The molecule has 0 saturated heterocycles. The number of benzene rings is 1. The van der Waals surface area contributed by atoms with Crippen LogP contribution in [0.25, 0.3) is 15.7 Å². The normalized spacial score (nSPS) is 11.2. The van der Waals surface area contributed by atoms with Gasteiger partial charge in [0.2, 0.25) is 5.91 Å². The first-order chi connectivity index (χ1) is 12.2. The molecule has 0 unspecified atom stereocenters. The zero-order valence-corrected chi connectivity index (χ0v) is 15.2. The summed E-state index contributed by atoms with van der Waals surface area (Å²) in [7, 11) is 0. The monoisotopic (exact) mass is 368 g/mol. The summed E-state index contributed by atoms with van der Waals surface area (Å²) < 4.78 is 3.21. The number of hydrogen-bond donors (Lipinski definition) is 1. The quantitative estimate of drug-likeness (QED) is 0.535. The van der Waals surface area contributed by atoms with Gasteiger partial charge >= 0.3 is 0 Å². The van der Waals surface area contributed by atoms with Gasteiger partial charge in [-0.1, -0.05) is 30.8 Å². The van der Waals surface area contributed by atoms with Crippen LogP contribution in [0.2, 0.25) is 0 Å².